The summed E-state index contributed by atoms with van der Waals surface area (Å²) in [6.45, 7) is 0. The minimum atomic E-state index is -4.67. The molecule has 1 saturated carbocycles. The van der Waals surface area contributed by atoms with Crippen LogP contribution in [0.5, 0.6) is 0 Å². The van der Waals surface area contributed by atoms with Crippen LogP contribution in [-0.2, 0) is 16.6 Å². The van der Waals surface area contributed by atoms with Gasteiger partial charge < -0.3 is 9.84 Å². The van der Waals surface area contributed by atoms with E-state index in [1.54, 1.807) is 24.3 Å². The van der Waals surface area contributed by atoms with Crippen molar-refractivity contribution in [3.05, 3.63) is 76.9 Å². The Bertz CT molecular complexity index is 983. The molecule has 0 unspecified atom stereocenters. The molecule has 0 aromatic heterocycles. The molecule has 0 saturated heterocycles. The van der Waals surface area contributed by atoms with Crippen molar-refractivity contribution < 1.29 is 27.8 Å². The molecule has 4 rings (SSSR count). The van der Waals surface area contributed by atoms with Crippen molar-refractivity contribution in [3.8, 4) is 0 Å². The fourth-order valence-electron chi connectivity index (χ4n) is 5.01. The first-order valence-corrected chi connectivity index (χ1v) is 9.93. The molecule has 3 nitrogen and oxygen atoms in total. The van der Waals surface area contributed by atoms with Crippen molar-refractivity contribution in [3.63, 3.8) is 0 Å². The molecule has 1 N–H and O–H groups in total. The maximum Gasteiger partial charge on any atom is 0.417 e. The minimum Gasteiger partial charge on any atom is -0.465 e. The van der Waals surface area contributed by atoms with Crippen molar-refractivity contribution in [1.29, 1.82) is 0 Å². The highest BCUT2D eigenvalue weighted by molar-refractivity contribution is 5.90. The monoisotopic (exact) mass is 416 g/mol. The third kappa shape index (κ3) is 3.33. The van der Waals surface area contributed by atoms with Crippen LogP contribution >= 0.6 is 0 Å². The maximum atomic E-state index is 13.6. The predicted molar refractivity (Wildman–Crippen MR) is 107 cm³/mol. The molecule has 0 aliphatic heterocycles. The van der Waals surface area contributed by atoms with Crippen LogP contribution in [0, 0.1) is 5.92 Å². The summed E-state index contributed by atoms with van der Waals surface area (Å²) in [5.74, 6) is -0.935. The fraction of sp³-hybridized carbons (Fsp3) is 0.375. The number of methoxy groups -OCH3 is 1. The van der Waals surface area contributed by atoms with E-state index in [0.29, 0.717) is 12.0 Å². The fourth-order valence-corrected chi connectivity index (χ4v) is 5.01. The van der Waals surface area contributed by atoms with Gasteiger partial charge in [0.1, 0.15) is 0 Å². The Kier molecular flexibility index (Phi) is 5.01. The quantitative estimate of drug-likeness (QED) is 0.711. The average molecular weight is 416 g/mol. The highest BCUT2D eigenvalue weighted by atomic mass is 19.4. The van der Waals surface area contributed by atoms with E-state index in [4.69, 9.17) is 4.74 Å². The van der Waals surface area contributed by atoms with Crippen molar-refractivity contribution in [2.45, 2.75) is 42.9 Å². The lowest BCUT2D eigenvalue weighted by Crippen LogP contribution is -2.55. The number of halogens is 3. The summed E-state index contributed by atoms with van der Waals surface area (Å²) >= 11 is 0. The van der Waals surface area contributed by atoms with Gasteiger partial charge in [0.15, 0.2) is 5.60 Å². The first kappa shape index (κ1) is 20.7. The van der Waals surface area contributed by atoms with Gasteiger partial charge in [-0.2, -0.15) is 13.2 Å². The molecule has 0 spiro atoms. The van der Waals surface area contributed by atoms with Crippen LogP contribution < -0.4 is 0 Å². The van der Waals surface area contributed by atoms with Gasteiger partial charge in [-0.25, -0.2) is 4.79 Å². The van der Waals surface area contributed by atoms with Crippen LogP contribution in [0.25, 0.3) is 6.08 Å². The molecule has 0 radical (unpaired) electrons. The molecule has 0 bridgehead atoms. The Hall–Kier alpha value is -2.60. The standard InChI is InChI=1S/C24H23F3O3/c1-30-21(28)18-8-10-20-17(13-18)7-9-19-15-23(29,24(25,26)27)12-11-22(19,20)14-16-5-3-2-4-6-16/h2-10,13,19,29H,11-12,14-15H2,1H3/t19-,22+,23-/m1/s1. The van der Waals surface area contributed by atoms with Gasteiger partial charge in [-0.1, -0.05) is 48.6 Å². The lowest BCUT2D eigenvalue weighted by molar-refractivity contribution is -0.277. The van der Waals surface area contributed by atoms with Gasteiger partial charge >= 0.3 is 12.1 Å². The second-order valence-electron chi connectivity index (χ2n) is 8.31. The highest BCUT2D eigenvalue weighted by Crippen LogP contribution is 2.56. The van der Waals surface area contributed by atoms with E-state index in [0.717, 1.165) is 16.7 Å². The van der Waals surface area contributed by atoms with Gasteiger partial charge in [0.05, 0.1) is 12.7 Å². The summed E-state index contributed by atoms with van der Waals surface area (Å²) < 4.78 is 45.6. The molecular weight excluding hydrogens is 393 g/mol. The van der Waals surface area contributed by atoms with Crippen LogP contribution in [0.15, 0.2) is 54.6 Å². The van der Waals surface area contributed by atoms with Crippen LogP contribution in [0.3, 0.4) is 0 Å². The number of carbonyl (C=O) groups is 1. The zero-order valence-corrected chi connectivity index (χ0v) is 16.6. The van der Waals surface area contributed by atoms with E-state index in [1.165, 1.54) is 7.11 Å². The second kappa shape index (κ2) is 7.27. The molecule has 2 aromatic carbocycles. The summed E-state index contributed by atoms with van der Waals surface area (Å²) in [7, 11) is 1.31. The van der Waals surface area contributed by atoms with E-state index in [9.17, 15) is 23.1 Å². The minimum absolute atomic E-state index is 0.192. The molecular formula is C24H23F3O3. The number of hydrogen-bond acceptors (Lipinski definition) is 3. The van der Waals surface area contributed by atoms with E-state index in [2.05, 4.69) is 0 Å². The Morgan fingerprint density at radius 3 is 2.57 bits per heavy atom. The topological polar surface area (TPSA) is 46.5 Å². The third-order valence-electron chi connectivity index (χ3n) is 6.66. The van der Waals surface area contributed by atoms with Gasteiger partial charge in [-0.15, -0.1) is 0 Å². The number of benzene rings is 2. The number of fused-ring (bicyclic) bond motifs is 3. The van der Waals surface area contributed by atoms with Crippen molar-refractivity contribution in [1.82, 2.24) is 0 Å². The molecule has 2 aromatic rings. The number of aliphatic hydroxyl groups is 1. The number of hydrogen-bond donors (Lipinski definition) is 1. The normalized spacial score (nSPS) is 27.8. The molecule has 1 fully saturated rings. The Labute approximate surface area is 173 Å². The number of alkyl halides is 3. The largest absolute Gasteiger partial charge is 0.465 e. The molecule has 158 valence electrons. The Balaban J connectivity index is 1.81. The van der Waals surface area contributed by atoms with E-state index in [-0.39, 0.29) is 19.3 Å². The SMILES string of the molecule is COC(=O)c1ccc2c(c1)C=C[C@@H]1C[C@@](O)(C(F)(F)F)CC[C@@]21Cc1ccccc1. The van der Waals surface area contributed by atoms with Gasteiger partial charge in [0.2, 0.25) is 0 Å². The molecule has 2 aliphatic rings. The molecule has 6 heteroatoms. The van der Waals surface area contributed by atoms with Crippen LogP contribution in [-0.4, -0.2) is 30.0 Å². The van der Waals surface area contributed by atoms with Gasteiger partial charge in [-0.3, -0.25) is 0 Å². The smallest absolute Gasteiger partial charge is 0.417 e. The van der Waals surface area contributed by atoms with Gasteiger partial charge in [0.25, 0.3) is 0 Å². The first-order valence-electron chi connectivity index (χ1n) is 9.93. The number of rotatable bonds is 3. The zero-order valence-electron chi connectivity index (χ0n) is 16.6. The summed E-state index contributed by atoms with van der Waals surface area (Å²) in [6, 6.07) is 14.9. The van der Waals surface area contributed by atoms with Crippen LogP contribution in [0.4, 0.5) is 13.2 Å². The molecule has 2 aliphatic carbocycles. The van der Waals surface area contributed by atoms with E-state index in [1.807, 2.05) is 36.4 Å². The number of allylic oxidation sites excluding steroid dienone is 1. The summed E-state index contributed by atoms with van der Waals surface area (Å²) in [4.78, 5) is 11.9. The average Bonchev–Trinajstić information content (AvgIpc) is 2.73. The van der Waals surface area contributed by atoms with Gasteiger partial charge in [-0.05, 0) is 60.4 Å². The molecule has 0 amide bonds. The summed E-state index contributed by atoms with van der Waals surface area (Å²) in [5.41, 5.74) is -0.128. The Morgan fingerprint density at radius 2 is 1.90 bits per heavy atom. The number of esters is 1. The lowest BCUT2D eigenvalue weighted by Gasteiger charge is -2.51. The number of carbonyl (C=O) groups excluding carboxylic acids is 1. The van der Waals surface area contributed by atoms with Crippen molar-refractivity contribution in [2.75, 3.05) is 7.11 Å². The zero-order chi connectivity index (χ0) is 21.6. The van der Waals surface area contributed by atoms with Crippen LogP contribution in [0.2, 0.25) is 0 Å². The predicted octanol–water partition coefficient (Wildman–Crippen LogP) is 5.07. The first-order chi connectivity index (χ1) is 14.2. The molecule has 0 heterocycles. The van der Waals surface area contributed by atoms with Crippen molar-refractivity contribution in [2.24, 2.45) is 5.92 Å². The summed E-state index contributed by atoms with van der Waals surface area (Å²) in [5, 5.41) is 10.4. The molecule has 3 atom stereocenters. The highest BCUT2D eigenvalue weighted by Gasteiger charge is 2.60. The molecule has 30 heavy (non-hydrogen) atoms. The van der Waals surface area contributed by atoms with Crippen molar-refractivity contribution >= 4 is 12.0 Å². The van der Waals surface area contributed by atoms with E-state index < -0.39 is 29.1 Å². The Morgan fingerprint density at radius 1 is 1.17 bits per heavy atom. The maximum absolute atomic E-state index is 13.6. The third-order valence-corrected chi connectivity index (χ3v) is 6.66. The number of ether oxygens (including phenoxy) is 1. The van der Waals surface area contributed by atoms with Gasteiger partial charge in [0, 0.05) is 5.41 Å². The van der Waals surface area contributed by atoms with E-state index >= 15 is 0 Å². The summed E-state index contributed by atoms with van der Waals surface area (Å²) in [6.07, 6.45) is -1.13. The lowest BCUT2D eigenvalue weighted by atomic mass is 9.54. The second-order valence-corrected chi connectivity index (χ2v) is 8.31. The van der Waals surface area contributed by atoms with Crippen LogP contribution in [0.1, 0.15) is 46.3 Å².